The number of fused-ring (bicyclic) bond motifs is 3. The Morgan fingerprint density at radius 3 is 2.74 bits per heavy atom. The molecule has 2 aliphatic rings. The van der Waals surface area contributed by atoms with Gasteiger partial charge in [-0.15, -0.1) is 10.2 Å². The van der Waals surface area contributed by atoms with E-state index in [1.165, 1.54) is 22.3 Å². The maximum Gasteiger partial charge on any atom is 0.163 e. The number of benzene rings is 2. The van der Waals surface area contributed by atoms with Gasteiger partial charge in [-0.1, -0.05) is 36.4 Å². The van der Waals surface area contributed by atoms with Crippen molar-refractivity contribution in [2.24, 2.45) is 0 Å². The molecule has 0 N–H and O–H groups in total. The lowest BCUT2D eigenvalue weighted by molar-refractivity contribution is 0.104. The molecule has 1 saturated heterocycles. The van der Waals surface area contributed by atoms with Gasteiger partial charge < -0.3 is 9.47 Å². The lowest BCUT2D eigenvalue weighted by atomic mass is 9.86. The number of hydrogen-bond acceptors (Lipinski definition) is 4. The highest BCUT2D eigenvalue weighted by molar-refractivity contribution is 5.53. The normalized spacial score (nSPS) is 18.8. The van der Waals surface area contributed by atoms with Crippen molar-refractivity contribution >= 4 is 0 Å². The summed E-state index contributed by atoms with van der Waals surface area (Å²) < 4.78 is 13.8. The minimum atomic E-state index is 0.457. The van der Waals surface area contributed by atoms with Gasteiger partial charge in [-0.25, -0.2) is 0 Å². The van der Waals surface area contributed by atoms with Crippen molar-refractivity contribution in [3.05, 3.63) is 76.4 Å². The summed E-state index contributed by atoms with van der Waals surface area (Å²) in [4.78, 5) is 0. The van der Waals surface area contributed by atoms with Crippen LogP contribution in [0, 0.1) is 6.92 Å². The summed E-state index contributed by atoms with van der Waals surface area (Å²) in [6.45, 7) is 4.74. The molecule has 5 rings (SSSR count). The van der Waals surface area contributed by atoms with Gasteiger partial charge in [-0.2, -0.15) is 0 Å². The first-order chi connectivity index (χ1) is 13.3. The Labute approximate surface area is 159 Å². The van der Waals surface area contributed by atoms with Crippen LogP contribution in [0.15, 0.2) is 42.5 Å². The van der Waals surface area contributed by atoms with E-state index in [0.717, 1.165) is 43.4 Å². The largest absolute Gasteiger partial charge is 0.381 e. The van der Waals surface area contributed by atoms with E-state index < -0.39 is 0 Å². The Hall–Kier alpha value is -2.50. The zero-order valence-electron chi connectivity index (χ0n) is 15.5. The van der Waals surface area contributed by atoms with Gasteiger partial charge in [0.1, 0.15) is 12.4 Å². The summed E-state index contributed by atoms with van der Waals surface area (Å²) in [7, 11) is 0. The van der Waals surface area contributed by atoms with E-state index in [0.29, 0.717) is 19.1 Å². The molecule has 2 aromatic carbocycles. The second-order valence-electron chi connectivity index (χ2n) is 7.35. The number of ether oxygens (including phenoxy) is 2. The molecule has 5 heteroatoms. The Morgan fingerprint density at radius 1 is 1.04 bits per heavy atom. The van der Waals surface area contributed by atoms with Gasteiger partial charge in [0.05, 0.1) is 18.9 Å². The van der Waals surface area contributed by atoms with Crippen LogP contribution in [0.1, 0.15) is 46.2 Å². The third kappa shape index (κ3) is 2.97. The second-order valence-corrected chi connectivity index (χ2v) is 7.35. The van der Waals surface area contributed by atoms with Crippen molar-refractivity contribution in [2.45, 2.75) is 38.9 Å². The van der Waals surface area contributed by atoms with Gasteiger partial charge in [0.25, 0.3) is 0 Å². The van der Waals surface area contributed by atoms with Crippen molar-refractivity contribution in [2.75, 3.05) is 13.2 Å². The van der Waals surface area contributed by atoms with Gasteiger partial charge in [-0.05, 0) is 42.5 Å². The maximum atomic E-state index is 6.00. The third-order valence-corrected chi connectivity index (χ3v) is 5.65. The quantitative estimate of drug-likeness (QED) is 0.714. The molecule has 3 heterocycles. The van der Waals surface area contributed by atoms with Crippen LogP contribution in [-0.4, -0.2) is 28.0 Å². The van der Waals surface area contributed by atoms with E-state index in [2.05, 4.69) is 57.2 Å². The van der Waals surface area contributed by atoms with Crippen LogP contribution in [0.5, 0.6) is 0 Å². The fourth-order valence-electron chi connectivity index (χ4n) is 4.30. The number of aryl methyl sites for hydroxylation is 1. The molecule has 0 saturated carbocycles. The highest BCUT2D eigenvalue weighted by Gasteiger charge is 2.26. The summed E-state index contributed by atoms with van der Waals surface area (Å²) in [5.41, 5.74) is 6.49. The molecule has 138 valence electrons. The standard InChI is InChI=1S/C22H23N3O2/c1-15-23-24-22-14-27-13-20-19(11-16-5-3-2-4-6-16)18(17-9-10-26-12-17)7-8-21(20)25(15)22/h2-8,17H,9-14H2,1H3. The summed E-state index contributed by atoms with van der Waals surface area (Å²) in [6.07, 6.45) is 1.98. The number of hydrogen-bond donors (Lipinski definition) is 0. The van der Waals surface area contributed by atoms with Crippen LogP contribution >= 0.6 is 0 Å². The van der Waals surface area contributed by atoms with E-state index in [4.69, 9.17) is 9.47 Å². The first kappa shape index (κ1) is 16.7. The Bertz CT molecular complexity index is 959. The summed E-state index contributed by atoms with van der Waals surface area (Å²) in [5.74, 6) is 2.23. The minimum Gasteiger partial charge on any atom is -0.381 e. The summed E-state index contributed by atoms with van der Waals surface area (Å²) >= 11 is 0. The summed E-state index contributed by atoms with van der Waals surface area (Å²) in [5, 5.41) is 8.56. The SMILES string of the molecule is Cc1nnc2n1-c1ccc(C3CCOC3)c(Cc3ccccc3)c1COC2. The predicted octanol–water partition coefficient (Wildman–Crippen LogP) is 3.70. The van der Waals surface area contributed by atoms with E-state index in [9.17, 15) is 0 Å². The third-order valence-electron chi connectivity index (χ3n) is 5.65. The molecule has 0 aliphatic carbocycles. The second kappa shape index (κ2) is 6.91. The molecule has 1 atom stereocenters. The van der Waals surface area contributed by atoms with E-state index in [-0.39, 0.29) is 0 Å². The molecular formula is C22H23N3O2. The molecular weight excluding hydrogens is 338 g/mol. The van der Waals surface area contributed by atoms with Crippen LogP contribution < -0.4 is 0 Å². The molecule has 1 fully saturated rings. The monoisotopic (exact) mass is 361 g/mol. The van der Waals surface area contributed by atoms with Crippen LogP contribution in [-0.2, 0) is 29.1 Å². The maximum absolute atomic E-state index is 6.00. The average Bonchev–Trinajstić information content (AvgIpc) is 3.30. The smallest absolute Gasteiger partial charge is 0.163 e. The zero-order valence-corrected chi connectivity index (χ0v) is 15.5. The fourth-order valence-corrected chi connectivity index (χ4v) is 4.30. The molecule has 2 aliphatic heterocycles. The van der Waals surface area contributed by atoms with E-state index in [1.54, 1.807) is 0 Å². The van der Waals surface area contributed by atoms with Crippen molar-refractivity contribution in [1.29, 1.82) is 0 Å². The molecule has 0 radical (unpaired) electrons. The van der Waals surface area contributed by atoms with Gasteiger partial charge in [-0.3, -0.25) is 4.57 Å². The Morgan fingerprint density at radius 2 is 1.93 bits per heavy atom. The number of aromatic nitrogens is 3. The Kier molecular flexibility index (Phi) is 4.26. The Balaban J connectivity index is 1.69. The van der Waals surface area contributed by atoms with Crippen LogP contribution in [0.3, 0.4) is 0 Å². The molecule has 3 aromatic rings. The molecule has 1 unspecified atom stereocenters. The van der Waals surface area contributed by atoms with Gasteiger partial charge in [0, 0.05) is 18.1 Å². The first-order valence-electron chi connectivity index (χ1n) is 9.56. The lowest BCUT2D eigenvalue weighted by Crippen LogP contribution is -2.11. The van der Waals surface area contributed by atoms with Crippen molar-refractivity contribution < 1.29 is 9.47 Å². The topological polar surface area (TPSA) is 49.2 Å². The predicted molar refractivity (Wildman–Crippen MR) is 102 cm³/mol. The highest BCUT2D eigenvalue weighted by atomic mass is 16.5. The highest BCUT2D eigenvalue weighted by Crippen LogP contribution is 2.36. The van der Waals surface area contributed by atoms with E-state index in [1.807, 2.05) is 6.92 Å². The molecule has 0 spiro atoms. The number of rotatable bonds is 3. The van der Waals surface area contributed by atoms with Crippen molar-refractivity contribution in [1.82, 2.24) is 14.8 Å². The minimum absolute atomic E-state index is 0.457. The summed E-state index contributed by atoms with van der Waals surface area (Å²) in [6, 6.07) is 15.2. The molecule has 5 nitrogen and oxygen atoms in total. The van der Waals surface area contributed by atoms with Crippen LogP contribution in [0.2, 0.25) is 0 Å². The van der Waals surface area contributed by atoms with Crippen molar-refractivity contribution in [3.8, 4) is 5.69 Å². The van der Waals surface area contributed by atoms with Gasteiger partial charge >= 0.3 is 0 Å². The zero-order chi connectivity index (χ0) is 18.2. The van der Waals surface area contributed by atoms with Gasteiger partial charge in [0.15, 0.2) is 5.82 Å². The van der Waals surface area contributed by atoms with Crippen molar-refractivity contribution in [3.63, 3.8) is 0 Å². The lowest BCUT2D eigenvalue weighted by Gasteiger charge is -2.21. The molecule has 1 aromatic heterocycles. The fraction of sp³-hybridized carbons (Fsp3) is 0.364. The molecule has 0 bridgehead atoms. The van der Waals surface area contributed by atoms with Crippen LogP contribution in [0.4, 0.5) is 0 Å². The first-order valence-corrected chi connectivity index (χ1v) is 9.56. The number of nitrogens with zero attached hydrogens (tertiary/aromatic N) is 3. The molecule has 0 amide bonds. The molecule has 27 heavy (non-hydrogen) atoms. The van der Waals surface area contributed by atoms with E-state index >= 15 is 0 Å². The average molecular weight is 361 g/mol. The van der Waals surface area contributed by atoms with Crippen LogP contribution in [0.25, 0.3) is 5.69 Å². The van der Waals surface area contributed by atoms with Gasteiger partial charge in [0.2, 0.25) is 0 Å².